The van der Waals surface area contributed by atoms with Gasteiger partial charge in [-0.1, -0.05) is 6.92 Å². The number of aromatic amines is 1. The highest BCUT2D eigenvalue weighted by molar-refractivity contribution is 5.92. The highest BCUT2D eigenvalue weighted by Crippen LogP contribution is 2.16. The molecule has 0 saturated heterocycles. The van der Waals surface area contributed by atoms with E-state index in [1.54, 1.807) is 20.8 Å². The Morgan fingerprint density at radius 2 is 2.12 bits per heavy atom. The van der Waals surface area contributed by atoms with Crippen molar-refractivity contribution in [3.8, 4) is 6.07 Å². The molecule has 0 aromatic carbocycles. The van der Waals surface area contributed by atoms with Gasteiger partial charge in [-0.3, -0.25) is 4.79 Å². The van der Waals surface area contributed by atoms with Gasteiger partial charge in [-0.05, 0) is 25.8 Å². The van der Waals surface area contributed by atoms with E-state index < -0.39 is 11.5 Å². The van der Waals surface area contributed by atoms with E-state index >= 15 is 0 Å². The van der Waals surface area contributed by atoms with Gasteiger partial charge in [0.15, 0.2) is 0 Å². The Morgan fingerprint density at radius 3 is 2.59 bits per heavy atom. The van der Waals surface area contributed by atoms with Gasteiger partial charge in [0.05, 0.1) is 12.2 Å². The number of carbonyl (C=O) groups is 1. The molecule has 0 spiro atoms. The number of hydrogen-bond donors (Lipinski definition) is 1. The average Bonchev–Trinajstić information content (AvgIpc) is 2.28. The van der Waals surface area contributed by atoms with Gasteiger partial charge in [-0.15, -0.1) is 0 Å². The van der Waals surface area contributed by atoms with Gasteiger partial charge in [0, 0.05) is 5.69 Å². The lowest BCUT2D eigenvalue weighted by atomic mass is 9.99. The summed E-state index contributed by atoms with van der Waals surface area (Å²) in [4.78, 5) is 25.8. The smallest absolute Gasteiger partial charge is 0.340 e. The number of esters is 1. The molecule has 1 aromatic heterocycles. The lowest BCUT2D eigenvalue weighted by Gasteiger charge is -2.11. The van der Waals surface area contributed by atoms with Crippen molar-refractivity contribution in [1.82, 2.24) is 4.98 Å². The van der Waals surface area contributed by atoms with Gasteiger partial charge in [-0.2, -0.15) is 5.26 Å². The number of ether oxygens (including phenoxy) is 1. The number of carbonyl (C=O) groups excluding carboxylic acids is 1. The van der Waals surface area contributed by atoms with Crippen molar-refractivity contribution in [2.24, 2.45) is 0 Å². The molecule has 1 N–H and O–H groups in total. The third kappa shape index (κ3) is 2.36. The van der Waals surface area contributed by atoms with Crippen molar-refractivity contribution >= 4 is 5.97 Å². The quantitative estimate of drug-likeness (QED) is 0.799. The van der Waals surface area contributed by atoms with Gasteiger partial charge >= 0.3 is 5.97 Å². The number of rotatable bonds is 3. The van der Waals surface area contributed by atoms with Crippen LogP contribution in [0.15, 0.2) is 4.79 Å². The molecule has 1 aromatic rings. The second-order valence-electron chi connectivity index (χ2n) is 3.49. The van der Waals surface area contributed by atoms with Crippen LogP contribution in [-0.2, 0) is 11.2 Å². The first-order chi connectivity index (χ1) is 8.06. The Bertz CT molecular complexity index is 538. The first-order valence-electron chi connectivity index (χ1n) is 5.39. The van der Waals surface area contributed by atoms with Gasteiger partial charge in [0.1, 0.15) is 11.6 Å². The SMILES string of the molecule is CCOC(=O)c1c(C)[nH]c(=O)c(C#N)c1CC. The van der Waals surface area contributed by atoms with Crippen LogP contribution in [0.25, 0.3) is 0 Å². The molecular weight excluding hydrogens is 220 g/mol. The summed E-state index contributed by atoms with van der Waals surface area (Å²) in [5, 5.41) is 8.94. The van der Waals surface area contributed by atoms with Crippen LogP contribution in [0.4, 0.5) is 0 Å². The van der Waals surface area contributed by atoms with Crippen LogP contribution in [0, 0.1) is 18.3 Å². The van der Waals surface area contributed by atoms with Crippen LogP contribution in [0.2, 0.25) is 0 Å². The first-order valence-corrected chi connectivity index (χ1v) is 5.39. The van der Waals surface area contributed by atoms with E-state index in [2.05, 4.69) is 4.98 Å². The molecule has 0 bridgehead atoms. The van der Waals surface area contributed by atoms with Crippen molar-refractivity contribution in [1.29, 1.82) is 5.26 Å². The van der Waals surface area contributed by atoms with Crippen LogP contribution in [0.1, 0.15) is 41.0 Å². The minimum atomic E-state index is -0.505. The summed E-state index contributed by atoms with van der Waals surface area (Å²) in [5.74, 6) is -0.505. The summed E-state index contributed by atoms with van der Waals surface area (Å²) in [6.07, 6.45) is 0.432. The molecular formula is C12H14N2O3. The molecule has 0 aliphatic rings. The predicted octanol–water partition coefficient (Wildman–Crippen LogP) is 1.29. The van der Waals surface area contributed by atoms with Gasteiger partial charge in [0.25, 0.3) is 5.56 Å². The van der Waals surface area contributed by atoms with E-state index in [9.17, 15) is 9.59 Å². The number of aryl methyl sites for hydroxylation is 1. The Hall–Kier alpha value is -2.09. The largest absolute Gasteiger partial charge is 0.462 e. The minimum absolute atomic E-state index is 0.0128. The Labute approximate surface area is 99.0 Å². The summed E-state index contributed by atoms with van der Waals surface area (Å²) in [6, 6.07) is 1.83. The summed E-state index contributed by atoms with van der Waals surface area (Å²) in [6.45, 7) is 5.37. The van der Waals surface area contributed by atoms with Gasteiger partial charge in [-0.25, -0.2) is 4.79 Å². The van der Waals surface area contributed by atoms with Crippen molar-refractivity contribution in [3.63, 3.8) is 0 Å². The maximum absolute atomic E-state index is 11.8. The molecule has 0 radical (unpaired) electrons. The van der Waals surface area contributed by atoms with Crippen molar-refractivity contribution < 1.29 is 9.53 Å². The van der Waals surface area contributed by atoms with Gasteiger partial charge in [0.2, 0.25) is 0 Å². The van der Waals surface area contributed by atoms with Gasteiger partial charge < -0.3 is 9.72 Å². The van der Waals surface area contributed by atoms with Crippen LogP contribution in [0.5, 0.6) is 0 Å². The van der Waals surface area contributed by atoms with Crippen LogP contribution >= 0.6 is 0 Å². The monoisotopic (exact) mass is 234 g/mol. The maximum atomic E-state index is 11.8. The Morgan fingerprint density at radius 1 is 1.47 bits per heavy atom. The number of pyridine rings is 1. The molecule has 0 unspecified atom stereocenters. The molecule has 0 fully saturated rings. The average molecular weight is 234 g/mol. The summed E-state index contributed by atoms with van der Waals surface area (Å²) in [5.41, 5.74) is 0.707. The fraction of sp³-hybridized carbons (Fsp3) is 0.417. The van der Waals surface area contributed by atoms with E-state index in [4.69, 9.17) is 10.00 Å². The lowest BCUT2D eigenvalue weighted by molar-refractivity contribution is 0.0523. The summed E-state index contributed by atoms with van der Waals surface area (Å²) < 4.78 is 4.92. The van der Waals surface area contributed by atoms with Crippen LogP contribution < -0.4 is 5.56 Å². The van der Waals surface area contributed by atoms with E-state index in [1.165, 1.54) is 0 Å². The standard InChI is InChI=1S/C12H14N2O3/c1-4-8-9(6-13)11(15)14-7(3)10(8)12(16)17-5-2/h4-5H2,1-3H3,(H,14,15). The molecule has 1 heterocycles. The van der Waals surface area contributed by atoms with E-state index in [-0.39, 0.29) is 12.2 Å². The van der Waals surface area contributed by atoms with Crippen molar-refractivity contribution in [2.75, 3.05) is 6.61 Å². The Kier molecular flexibility index (Phi) is 4.05. The van der Waals surface area contributed by atoms with E-state index in [0.29, 0.717) is 23.2 Å². The number of nitrogens with one attached hydrogen (secondary N) is 1. The topological polar surface area (TPSA) is 83.0 Å². The zero-order valence-corrected chi connectivity index (χ0v) is 10.1. The number of H-pyrrole nitrogens is 1. The summed E-state index contributed by atoms with van der Waals surface area (Å²) >= 11 is 0. The molecule has 0 amide bonds. The third-order valence-electron chi connectivity index (χ3n) is 2.45. The fourth-order valence-electron chi connectivity index (χ4n) is 1.74. The zero-order chi connectivity index (χ0) is 13.0. The number of nitrogens with zero attached hydrogens (tertiary/aromatic N) is 1. The second kappa shape index (κ2) is 5.30. The third-order valence-corrected chi connectivity index (χ3v) is 2.45. The first kappa shape index (κ1) is 13.0. The molecule has 0 aliphatic carbocycles. The van der Waals surface area contributed by atoms with E-state index in [1.807, 2.05) is 6.07 Å². The molecule has 0 aliphatic heterocycles. The second-order valence-corrected chi connectivity index (χ2v) is 3.49. The Balaban J connectivity index is 3.54. The maximum Gasteiger partial charge on any atom is 0.340 e. The van der Waals surface area contributed by atoms with Crippen molar-refractivity contribution in [2.45, 2.75) is 27.2 Å². The fourth-order valence-corrected chi connectivity index (χ4v) is 1.74. The normalized spacial score (nSPS) is 9.76. The highest BCUT2D eigenvalue weighted by Gasteiger charge is 2.20. The molecule has 1 rings (SSSR count). The summed E-state index contributed by atoms with van der Waals surface area (Å²) in [7, 11) is 0. The predicted molar refractivity (Wildman–Crippen MR) is 61.8 cm³/mol. The van der Waals surface area contributed by atoms with Crippen LogP contribution in [-0.4, -0.2) is 17.6 Å². The molecule has 17 heavy (non-hydrogen) atoms. The van der Waals surface area contributed by atoms with Crippen LogP contribution in [0.3, 0.4) is 0 Å². The lowest BCUT2D eigenvalue weighted by Crippen LogP contribution is -2.21. The van der Waals surface area contributed by atoms with E-state index in [0.717, 1.165) is 0 Å². The molecule has 5 nitrogen and oxygen atoms in total. The highest BCUT2D eigenvalue weighted by atomic mass is 16.5. The van der Waals surface area contributed by atoms with Crippen molar-refractivity contribution in [3.05, 3.63) is 32.7 Å². The molecule has 0 atom stereocenters. The minimum Gasteiger partial charge on any atom is -0.462 e. The number of hydrogen-bond acceptors (Lipinski definition) is 4. The molecule has 5 heteroatoms. The molecule has 90 valence electrons. The number of aromatic nitrogens is 1. The number of nitriles is 1. The molecule has 0 saturated carbocycles. The zero-order valence-electron chi connectivity index (χ0n) is 10.1.